The number of hydrogen-bond acceptors (Lipinski definition) is 2. The topological polar surface area (TPSA) is 60.2 Å². The zero-order valence-corrected chi connectivity index (χ0v) is 9.80. The van der Waals surface area contributed by atoms with Crippen LogP contribution in [0, 0.1) is 0 Å². The Hall–Kier alpha value is -2.42. The van der Waals surface area contributed by atoms with Gasteiger partial charge in [0.2, 0.25) is 5.78 Å². The van der Waals surface area contributed by atoms with Crippen molar-refractivity contribution in [1.82, 2.24) is 0 Å². The Bertz CT molecular complexity index is 576. The van der Waals surface area contributed by atoms with Crippen molar-refractivity contribution < 1.29 is 9.59 Å². The summed E-state index contributed by atoms with van der Waals surface area (Å²) in [7, 11) is 0. The minimum atomic E-state index is -0.921. The number of ketones is 1. The zero-order valence-electron chi connectivity index (χ0n) is 9.80. The summed E-state index contributed by atoms with van der Waals surface area (Å²) in [6, 6.07) is 16.8. The standard InChI is InChI=1S/C15H13NO2/c16-15(18)14(17)13-9-5-4-8-12(13)10-11-6-2-1-3-7-11/h1-9H,10H2,(H2,16,18). The van der Waals surface area contributed by atoms with Crippen LogP contribution in [0.1, 0.15) is 21.5 Å². The monoisotopic (exact) mass is 239 g/mol. The summed E-state index contributed by atoms with van der Waals surface area (Å²) in [6.07, 6.45) is 0.607. The normalized spacial score (nSPS) is 10.0. The van der Waals surface area contributed by atoms with Crippen LogP contribution in [0.3, 0.4) is 0 Å². The number of rotatable bonds is 4. The molecule has 0 atom stereocenters. The number of carbonyl (C=O) groups excluding carboxylic acids is 2. The Labute approximate surface area is 105 Å². The van der Waals surface area contributed by atoms with Crippen LogP contribution in [0.25, 0.3) is 0 Å². The van der Waals surface area contributed by atoms with E-state index in [0.717, 1.165) is 11.1 Å². The highest BCUT2D eigenvalue weighted by atomic mass is 16.2. The number of primary amides is 1. The Kier molecular flexibility index (Phi) is 3.53. The van der Waals surface area contributed by atoms with Crippen molar-refractivity contribution in [3.63, 3.8) is 0 Å². The molecule has 0 bridgehead atoms. The van der Waals surface area contributed by atoms with Crippen molar-refractivity contribution in [3.05, 3.63) is 71.3 Å². The van der Waals surface area contributed by atoms with Gasteiger partial charge in [-0.05, 0) is 17.5 Å². The van der Waals surface area contributed by atoms with Gasteiger partial charge in [0.15, 0.2) is 0 Å². The molecule has 0 heterocycles. The third kappa shape index (κ3) is 2.63. The molecule has 2 N–H and O–H groups in total. The molecule has 0 aliphatic carbocycles. The van der Waals surface area contributed by atoms with Crippen molar-refractivity contribution in [2.75, 3.05) is 0 Å². The molecule has 18 heavy (non-hydrogen) atoms. The Balaban J connectivity index is 2.34. The van der Waals surface area contributed by atoms with Gasteiger partial charge in [-0.2, -0.15) is 0 Å². The molecule has 0 saturated heterocycles. The summed E-state index contributed by atoms with van der Waals surface area (Å²) in [4.78, 5) is 22.7. The average molecular weight is 239 g/mol. The molecule has 3 heteroatoms. The van der Waals surface area contributed by atoms with Crippen LogP contribution >= 0.6 is 0 Å². The Morgan fingerprint density at radius 2 is 1.50 bits per heavy atom. The highest BCUT2D eigenvalue weighted by Gasteiger charge is 2.15. The van der Waals surface area contributed by atoms with Crippen LogP contribution in [-0.4, -0.2) is 11.7 Å². The van der Waals surface area contributed by atoms with Gasteiger partial charge in [0.05, 0.1) is 0 Å². The van der Waals surface area contributed by atoms with Crippen LogP contribution in [0.2, 0.25) is 0 Å². The molecule has 0 radical (unpaired) electrons. The highest BCUT2D eigenvalue weighted by Crippen LogP contribution is 2.14. The summed E-state index contributed by atoms with van der Waals surface area (Å²) in [5, 5.41) is 0. The number of benzene rings is 2. The van der Waals surface area contributed by atoms with Crippen molar-refractivity contribution in [3.8, 4) is 0 Å². The number of amides is 1. The molecule has 0 saturated carbocycles. The summed E-state index contributed by atoms with van der Waals surface area (Å²) >= 11 is 0. The molecule has 2 rings (SSSR count). The lowest BCUT2D eigenvalue weighted by Crippen LogP contribution is -2.24. The van der Waals surface area contributed by atoms with Gasteiger partial charge in [-0.3, -0.25) is 9.59 Å². The number of carbonyl (C=O) groups is 2. The maximum atomic E-state index is 11.7. The first-order chi connectivity index (χ1) is 8.68. The van der Waals surface area contributed by atoms with Crippen LogP contribution < -0.4 is 5.73 Å². The zero-order chi connectivity index (χ0) is 13.0. The van der Waals surface area contributed by atoms with E-state index >= 15 is 0 Å². The first kappa shape index (κ1) is 12.0. The SMILES string of the molecule is NC(=O)C(=O)c1ccccc1Cc1ccccc1. The number of Topliss-reactive ketones (excluding diaryl/α,β-unsaturated/α-hetero) is 1. The van der Waals surface area contributed by atoms with Gasteiger partial charge in [-0.1, -0.05) is 54.6 Å². The fourth-order valence-corrected chi connectivity index (χ4v) is 1.84. The second-order valence-corrected chi connectivity index (χ2v) is 4.01. The minimum absolute atomic E-state index is 0.383. The van der Waals surface area contributed by atoms with E-state index in [0.29, 0.717) is 12.0 Å². The lowest BCUT2D eigenvalue weighted by molar-refractivity contribution is -0.114. The predicted octanol–water partition coefficient (Wildman–Crippen LogP) is 1.95. The van der Waals surface area contributed by atoms with Crippen LogP contribution in [0.15, 0.2) is 54.6 Å². The lowest BCUT2D eigenvalue weighted by atomic mass is 9.97. The fraction of sp³-hybridized carbons (Fsp3) is 0.0667. The van der Waals surface area contributed by atoms with E-state index in [1.165, 1.54) is 0 Å². The van der Waals surface area contributed by atoms with E-state index in [9.17, 15) is 9.59 Å². The van der Waals surface area contributed by atoms with Crippen LogP contribution in [0.5, 0.6) is 0 Å². The second-order valence-electron chi connectivity index (χ2n) is 4.01. The predicted molar refractivity (Wildman–Crippen MR) is 69.2 cm³/mol. The van der Waals surface area contributed by atoms with Gasteiger partial charge < -0.3 is 5.73 Å². The second kappa shape index (κ2) is 5.27. The summed E-state index contributed by atoms with van der Waals surface area (Å²) < 4.78 is 0. The Morgan fingerprint density at radius 1 is 0.889 bits per heavy atom. The van der Waals surface area contributed by atoms with E-state index in [4.69, 9.17) is 5.73 Å². The Morgan fingerprint density at radius 3 is 2.17 bits per heavy atom. The van der Waals surface area contributed by atoms with E-state index in [1.807, 2.05) is 42.5 Å². The number of hydrogen-bond donors (Lipinski definition) is 1. The maximum absolute atomic E-state index is 11.7. The molecular formula is C15H13NO2. The molecule has 0 spiro atoms. The van der Waals surface area contributed by atoms with Gasteiger partial charge in [-0.25, -0.2) is 0 Å². The van der Waals surface area contributed by atoms with E-state index in [-0.39, 0.29) is 0 Å². The third-order valence-corrected chi connectivity index (χ3v) is 2.72. The molecule has 0 unspecified atom stereocenters. The van der Waals surface area contributed by atoms with Crippen molar-refractivity contribution in [1.29, 1.82) is 0 Å². The molecular weight excluding hydrogens is 226 g/mol. The first-order valence-corrected chi connectivity index (χ1v) is 5.64. The average Bonchev–Trinajstić information content (AvgIpc) is 2.39. The van der Waals surface area contributed by atoms with E-state index < -0.39 is 11.7 Å². The molecule has 0 aliphatic heterocycles. The van der Waals surface area contributed by atoms with Crippen molar-refractivity contribution >= 4 is 11.7 Å². The molecule has 2 aromatic rings. The van der Waals surface area contributed by atoms with Gasteiger partial charge in [0, 0.05) is 5.56 Å². The molecule has 0 fully saturated rings. The summed E-state index contributed by atoms with van der Waals surface area (Å²) in [5.74, 6) is -1.56. The summed E-state index contributed by atoms with van der Waals surface area (Å²) in [5.41, 5.74) is 7.32. The van der Waals surface area contributed by atoms with Gasteiger partial charge in [0.25, 0.3) is 5.91 Å². The number of nitrogens with two attached hydrogens (primary N) is 1. The molecule has 0 aromatic heterocycles. The highest BCUT2D eigenvalue weighted by molar-refractivity contribution is 6.42. The summed E-state index contributed by atoms with van der Waals surface area (Å²) in [6.45, 7) is 0. The smallest absolute Gasteiger partial charge is 0.289 e. The largest absolute Gasteiger partial charge is 0.363 e. The fourth-order valence-electron chi connectivity index (χ4n) is 1.84. The maximum Gasteiger partial charge on any atom is 0.289 e. The van der Waals surface area contributed by atoms with Crippen molar-refractivity contribution in [2.45, 2.75) is 6.42 Å². The van der Waals surface area contributed by atoms with E-state index in [2.05, 4.69) is 0 Å². The van der Waals surface area contributed by atoms with Gasteiger partial charge in [0.1, 0.15) is 0 Å². The quantitative estimate of drug-likeness (QED) is 0.654. The van der Waals surface area contributed by atoms with Crippen LogP contribution in [0.4, 0.5) is 0 Å². The van der Waals surface area contributed by atoms with Gasteiger partial charge in [-0.15, -0.1) is 0 Å². The van der Waals surface area contributed by atoms with Crippen LogP contribution in [-0.2, 0) is 11.2 Å². The third-order valence-electron chi connectivity index (χ3n) is 2.72. The molecule has 3 nitrogen and oxygen atoms in total. The van der Waals surface area contributed by atoms with Crippen molar-refractivity contribution in [2.24, 2.45) is 5.73 Å². The van der Waals surface area contributed by atoms with E-state index in [1.54, 1.807) is 12.1 Å². The molecule has 2 aromatic carbocycles. The molecule has 90 valence electrons. The molecule has 1 amide bonds. The van der Waals surface area contributed by atoms with Gasteiger partial charge >= 0.3 is 0 Å². The lowest BCUT2D eigenvalue weighted by Gasteiger charge is -2.07. The first-order valence-electron chi connectivity index (χ1n) is 5.64. The molecule has 0 aliphatic rings. The minimum Gasteiger partial charge on any atom is -0.363 e.